The number of aliphatic carboxylic acids is 4. The van der Waals surface area contributed by atoms with Crippen LogP contribution in [0.5, 0.6) is 0 Å². The Kier molecular flexibility index (Phi) is 14.3. The van der Waals surface area contributed by atoms with Crippen molar-refractivity contribution in [3.05, 3.63) is 0 Å². The average molecular weight is 387 g/mol. The zero-order valence-electron chi connectivity index (χ0n) is 12.5. The van der Waals surface area contributed by atoms with Gasteiger partial charge in [0.1, 0.15) is 18.1 Å². The van der Waals surface area contributed by atoms with Crippen molar-refractivity contribution in [1.82, 2.24) is 0 Å². The lowest BCUT2D eigenvalue weighted by atomic mass is 10.2. The molecule has 0 aromatic rings. The van der Waals surface area contributed by atoms with Crippen LogP contribution in [0, 0.1) is 0 Å². The third-order valence-corrected chi connectivity index (χ3v) is 4.67. The van der Waals surface area contributed by atoms with Crippen LogP contribution < -0.4 is 17.2 Å². The zero-order valence-corrected chi connectivity index (χ0v) is 14.2. The molecular weight excluding hydrogens is 366 g/mol. The first-order valence-electron chi connectivity index (χ1n) is 6.40. The summed E-state index contributed by atoms with van der Waals surface area (Å²) in [4.78, 5) is 40.4. The molecule has 1 unspecified atom stereocenters. The first-order valence-corrected chi connectivity index (χ1v) is 8.89. The molecule has 0 aliphatic rings. The predicted octanol–water partition coefficient (Wildman–Crippen LogP) is -1.55. The van der Waals surface area contributed by atoms with Crippen molar-refractivity contribution in [1.29, 1.82) is 0 Å². The standard InChI is InChI=1S/C6H12N2O4S2.C5H9NO4/c7-3(5(9)10)1-13-14-2-4(8)6(11)12;6-3(5(9)10)1-2-4(7)8/h3-4H,1-2,7-8H2,(H,9,10)(H,11,12);3H,1-2,6H2,(H,7,8)(H,9,10)/t3-,4?;3-/m00/s1. The summed E-state index contributed by atoms with van der Waals surface area (Å²) < 4.78 is 0. The van der Waals surface area contributed by atoms with Gasteiger partial charge in [-0.1, -0.05) is 21.6 Å². The van der Waals surface area contributed by atoms with E-state index in [-0.39, 0.29) is 24.3 Å². The van der Waals surface area contributed by atoms with Crippen LogP contribution in [-0.4, -0.2) is 73.9 Å². The summed E-state index contributed by atoms with van der Waals surface area (Å²) in [5, 5.41) is 33.1. The molecule has 0 spiro atoms. The first-order chi connectivity index (χ1) is 11.0. The Balaban J connectivity index is 0. The maximum absolute atomic E-state index is 10.3. The van der Waals surface area contributed by atoms with E-state index >= 15 is 0 Å². The Morgan fingerprint density at radius 3 is 1.29 bits per heavy atom. The van der Waals surface area contributed by atoms with Crippen LogP contribution in [0.3, 0.4) is 0 Å². The number of carbonyl (C=O) groups is 4. The van der Waals surface area contributed by atoms with E-state index in [1.54, 1.807) is 0 Å². The highest BCUT2D eigenvalue weighted by Crippen LogP contribution is 2.22. The number of hydrogen-bond donors (Lipinski definition) is 7. The van der Waals surface area contributed by atoms with Gasteiger partial charge in [-0.15, -0.1) is 0 Å². The molecule has 0 rings (SSSR count). The zero-order chi connectivity index (χ0) is 19.3. The third-order valence-electron chi connectivity index (χ3n) is 2.20. The Morgan fingerprint density at radius 1 is 0.708 bits per heavy atom. The number of carboxylic acid groups (broad SMARTS) is 4. The summed E-state index contributed by atoms with van der Waals surface area (Å²) in [6, 6.07) is -2.90. The number of rotatable bonds is 11. The highest BCUT2D eigenvalue weighted by molar-refractivity contribution is 8.76. The molecule has 0 aromatic carbocycles. The number of hydrogen-bond acceptors (Lipinski definition) is 9. The maximum Gasteiger partial charge on any atom is 0.321 e. The third kappa shape index (κ3) is 15.4. The first kappa shape index (κ1) is 24.7. The van der Waals surface area contributed by atoms with Crippen LogP contribution in [0.15, 0.2) is 0 Å². The fraction of sp³-hybridized carbons (Fsp3) is 0.636. The molecule has 140 valence electrons. The minimum absolute atomic E-state index is 0.0231. The maximum atomic E-state index is 10.3. The van der Waals surface area contributed by atoms with Crippen LogP contribution in [-0.2, 0) is 19.2 Å². The second-order valence-corrected chi connectivity index (χ2v) is 6.89. The van der Waals surface area contributed by atoms with Crippen LogP contribution in [0.2, 0.25) is 0 Å². The molecule has 0 radical (unpaired) electrons. The van der Waals surface area contributed by atoms with E-state index in [0.29, 0.717) is 0 Å². The molecule has 0 saturated carbocycles. The smallest absolute Gasteiger partial charge is 0.321 e. The van der Waals surface area contributed by atoms with Gasteiger partial charge in [-0.25, -0.2) is 0 Å². The van der Waals surface area contributed by atoms with E-state index in [9.17, 15) is 19.2 Å². The lowest BCUT2D eigenvalue weighted by Gasteiger charge is -2.07. The SMILES string of the molecule is NC(CSSC[C@H](N)C(=O)O)C(=O)O.N[C@@H](CCC(=O)O)C(=O)O. The van der Waals surface area contributed by atoms with E-state index in [2.05, 4.69) is 0 Å². The molecule has 0 aliphatic carbocycles. The Morgan fingerprint density at radius 2 is 1.04 bits per heavy atom. The summed E-state index contributed by atoms with van der Waals surface area (Å²) >= 11 is 0. The molecule has 10 N–H and O–H groups in total. The lowest BCUT2D eigenvalue weighted by Crippen LogP contribution is -2.33. The van der Waals surface area contributed by atoms with E-state index in [1.807, 2.05) is 0 Å². The molecule has 0 heterocycles. The van der Waals surface area contributed by atoms with Gasteiger partial charge in [-0.2, -0.15) is 0 Å². The topological polar surface area (TPSA) is 227 Å². The summed E-state index contributed by atoms with van der Waals surface area (Å²) in [5.41, 5.74) is 15.4. The van der Waals surface area contributed by atoms with Gasteiger partial charge in [-0.05, 0) is 6.42 Å². The van der Waals surface area contributed by atoms with Crippen molar-refractivity contribution in [2.75, 3.05) is 11.5 Å². The van der Waals surface area contributed by atoms with E-state index in [0.717, 1.165) is 0 Å². The van der Waals surface area contributed by atoms with Gasteiger partial charge >= 0.3 is 23.9 Å². The molecule has 0 aliphatic heterocycles. The molecule has 0 saturated heterocycles. The van der Waals surface area contributed by atoms with Crippen LogP contribution in [0.4, 0.5) is 0 Å². The monoisotopic (exact) mass is 387 g/mol. The normalized spacial score (nSPS) is 13.8. The van der Waals surface area contributed by atoms with Crippen molar-refractivity contribution in [3.8, 4) is 0 Å². The molecule has 0 bridgehead atoms. The van der Waals surface area contributed by atoms with Crippen molar-refractivity contribution in [3.63, 3.8) is 0 Å². The van der Waals surface area contributed by atoms with Gasteiger partial charge in [0.05, 0.1) is 0 Å². The Hall–Kier alpha value is -1.54. The van der Waals surface area contributed by atoms with Crippen molar-refractivity contribution < 1.29 is 39.6 Å². The summed E-state index contributed by atoms with van der Waals surface area (Å²) in [7, 11) is 2.41. The number of nitrogens with two attached hydrogens (primary N) is 3. The van der Waals surface area contributed by atoms with Gasteiger partial charge < -0.3 is 37.6 Å². The minimum atomic E-state index is -1.17. The van der Waals surface area contributed by atoms with Gasteiger partial charge in [0.25, 0.3) is 0 Å². The molecule has 0 fully saturated rings. The summed E-state index contributed by atoms with van der Waals surface area (Å²) in [5.74, 6) is -3.88. The fourth-order valence-electron chi connectivity index (χ4n) is 0.788. The molecule has 0 amide bonds. The van der Waals surface area contributed by atoms with Crippen molar-refractivity contribution >= 4 is 45.5 Å². The molecule has 3 atom stereocenters. The highest BCUT2D eigenvalue weighted by atomic mass is 33.1. The predicted molar refractivity (Wildman–Crippen MR) is 88.6 cm³/mol. The van der Waals surface area contributed by atoms with E-state index < -0.39 is 42.0 Å². The average Bonchev–Trinajstić information content (AvgIpc) is 2.48. The highest BCUT2D eigenvalue weighted by Gasteiger charge is 2.14. The van der Waals surface area contributed by atoms with Gasteiger partial charge in [0.15, 0.2) is 0 Å². The van der Waals surface area contributed by atoms with Crippen LogP contribution >= 0.6 is 21.6 Å². The summed E-state index contributed by atoms with van der Waals surface area (Å²) in [6.45, 7) is 0. The number of carboxylic acids is 4. The molecule has 24 heavy (non-hydrogen) atoms. The quantitative estimate of drug-likeness (QED) is 0.157. The molecular formula is C11H21N3O8S2. The van der Waals surface area contributed by atoms with Gasteiger partial charge in [0, 0.05) is 17.9 Å². The molecule has 0 aromatic heterocycles. The minimum Gasteiger partial charge on any atom is -0.481 e. The van der Waals surface area contributed by atoms with Gasteiger partial charge in [0.2, 0.25) is 0 Å². The molecule has 13 heteroatoms. The molecule has 11 nitrogen and oxygen atoms in total. The van der Waals surface area contributed by atoms with E-state index in [4.69, 9.17) is 37.6 Å². The lowest BCUT2D eigenvalue weighted by molar-refractivity contribution is -0.140. The van der Waals surface area contributed by atoms with Crippen LogP contribution in [0.1, 0.15) is 12.8 Å². The van der Waals surface area contributed by atoms with Crippen molar-refractivity contribution in [2.24, 2.45) is 17.2 Å². The summed E-state index contributed by atoms with van der Waals surface area (Å²) in [6.07, 6.45) is -0.224. The van der Waals surface area contributed by atoms with Crippen LogP contribution in [0.25, 0.3) is 0 Å². The second-order valence-electron chi connectivity index (χ2n) is 4.34. The Labute approximate surface area is 145 Å². The second kappa shape index (κ2) is 13.9. The van der Waals surface area contributed by atoms with Gasteiger partial charge in [-0.3, -0.25) is 19.2 Å². The largest absolute Gasteiger partial charge is 0.481 e. The Bertz CT molecular complexity index is 415. The van der Waals surface area contributed by atoms with E-state index in [1.165, 1.54) is 21.6 Å². The fourth-order valence-corrected chi connectivity index (χ4v) is 3.02. The van der Waals surface area contributed by atoms with Crippen molar-refractivity contribution in [2.45, 2.75) is 31.0 Å².